The van der Waals surface area contributed by atoms with Crippen molar-refractivity contribution in [3.63, 3.8) is 0 Å². The molecule has 4 atom stereocenters. The number of halogens is 1. The standard InChI is InChI=1S/C13H17FN2O4/c1-6(11(19)12(20)10(18)5-17)13-15-8-3-2-7(14)4-9(8)16-13/h2-4,6,10-12,17-20H,5H2,1H3,(H,15,16)/t6-,10?,11?,12+/m1/s1. The second kappa shape index (κ2) is 5.84. The molecule has 2 aromatic rings. The van der Waals surface area contributed by atoms with E-state index in [0.29, 0.717) is 16.9 Å². The van der Waals surface area contributed by atoms with Crippen molar-refractivity contribution in [2.75, 3.05) is 6.61 Å². The molecule has 0 amide bonds. The van der Waals surface area contributed by atoms with Crippen LogP contribution in [0.3, 0.4) is 0 Å². The number of aromatic nitrogens is 2. The summed E-state index contributed by atoms with van der Waals surface area (Å²) in [6.07, 6.45) is -4.25. The zero-order chi connectivity index (χ0) is 14.9. The number of aliphatic hydroxyl groups excluding tert-OH is 4. The van der Waals surface area contributed by atoms with E-state index in [1.807, 2.05) is 0 Å². The van der Waals surface area contributed by atoms with E-state index in [1.165, 1.54) is 18.2 Å². The van der Waals surface area contributed by atoms with Crippen LogP contribution in [0, 0.1) is 5.82 Å². The lowest BCUT2D eigenvalue weighted by molar-refractivity contribution is -0.0832. The van der Waals surface area contributed by atoms with Crippen molar-refractivity contribution in [1.82, 2.24) is 9.97 Å². The van der Waals surface area contributed by atoms with Gasteiger partial charge >= 0.3 is 0 Å². The zero-order valence-electron chi connectivity index (χ0n) is 10.9. The van der Waals surface area contributed by atoms with E-state index in [-0.39, 0.29) is 0 Å². The van der Waals surface area contributed by atoms with Gasteiger partial charge in [0.05, 0.1) is 23.7 Å². The van der Waals surface area contributed by atoms with E-state index in [0.717, 1.165) is 0 Å². The lowest BCUT2D eigenvalue weighted by Gasteiger charge is -2.25. The van der Waals surface area contributed by atoms with Gasteiger partial charge in [-0.15, -0.1) is 0 Å². The fourth-order valence-corrected chi connectivity index (χ4v) is 2.01. The Balaban J connectivity index is 2.24. The first kappa shape index (κ1) is 14.9. The molecular weight excluding hydrogens is 267 g/mol. The Bertz CT molecular complexity index is 589. The Kier molecular flexibility index (Phi) is 4.34. The second-order valence-corrected chi connectivity index (χ2v) is 4.80. The maximum Gasteiger partial charge on any atom is 0.125 e. The van der Waals surface area contributed by atoms with Gasteiger partial charge in [0, 0.05) is 12.0 Å². The number of rotatable bonds is 5. The SMILES string of the molecule is C[C@@H](c1nc2cc(F)ccc2[nH]1)C(O)[C@@H](O)C(O)CO. The first-order valence-electron chi connectivity index (χ1n) is 6.24. The number of nitrogens with zero attached hydrogens (tertiary/aromatic N) is 1. The summed E-state index contributed by atoms with van der Waals surface area (Å²) >= 11 is 0. The normalized spacial score (nSPS) is 17.9. The second-order valence-electron chi connectivity index (χ2n) is 4.80. The van der Waals surface area contributed by atoms with Gasteiger partial charge in [0.2, 0.25) is 0 Å². The van der Waals surface area contributed by atoms with Crippen LogP contribution in [-0.2, 0) is 0 Å². The monoisotopic (exact) mass is 284 g/mol. The fourth-order valence-electron chi connectivity index (χ4n) is 2.01. The number of aliphatic hydroxyl groups is 4. The topological polar surface area (TPSA) is 110 Å². The predicted octanol–water partition coefficient (Wildman–Crippen LogP) is -0.120. The number of imidazole rings is 1. The van der Waals surface area contributed by atoms with Crippen molar-refractivity contribution < 1.29 is 24.8 Å². The Morgan fingerprint density at radius 3 is 2.60 bits per heavy atom. The third kappa shape index (κ3) is 2.80. The fraction of sp³-hybridized carbons (Fsp3) is 0.462. The molecule has 7 heteroatoms. The van der Waals surface area contributed by atoms with Gasteiger partial charge in [0.15, 0.2) is 0 Å². The van der Waals surface area contributed by atoms with Crippen LogP contribution in [0.25, 0.3) is 11.0 Å². The van der Waals surface area contributed by atoms with Gasteiger partial charge < -0.3 is 25.4 Å². The summed E-state index contributed by atoms with van der Waals surface area (Å²) in [6, 6.07) is 4.07. The Labute approximate surface area is 114 Å². The van der Waals surface area contributed by atoms with E-state index >= 15 is 0 Å². The molecule has 1 aromatic heterocycles. The largest absolute Gasteiger partial charge is 0.394 e. The molecule has 0 aliphatic heterocycles. The molecule has 0 bridgehead atoms. The highest BCUT2D eigenvalue weighted by atomic mass is 19.1. The van der Waals surface area contributed by atoms with Crippen molar-refractivity contribution in [2.24, 2.45) is 0 Å². The minimum atomic E-state index is -1.50. The third-order valence-electron chi connectivity index (χ3n) is 3.34. The summed E-state index contributed by atoms with van der Waals surface area (Å²) in [5.41, 5.74) is 1.02. The van der Waals surface area contributed by atoms with Gasteiger partial charge in [-0.2, -0.15) is 0 Å². The van der Waals surface area contributed by atoms with Gasteiger partial charge in [-0.3, -0.25) is 0 Å². The number of benzene rings is 1. The molecule has 2 rings (SSSR count). The Hall–Kier alpha value is -1.54. The maximum atomic E-state index is 13.1. The predicted molar refractivity (Wildman–Crippen MR) is 69.6 cm³/mol. The molecule has 0 aliphatic rings. The van der Waals surface area contributed by atoms with Crippen molar-refractivity contribution in [3.05, 3.63) is 29.8 Å². The molecule has 0 spiro atoms. The molecule has 2 unspecified atom stereocenters. The summed E-state index contributed by atoms with van der Waals surface area (Å²) in [5, 5.41) is 37.7. The molecule has 0 fully saturated rings. The summed E-state index contributed by atoms with van der Waals surface area (Å²) in [5.74, 6) is -0.677. The van der Waals surface area contributed by atoms with Gasteiger partial charge in [-0.25, -0.2) is 9.37 Å². The molecule has 110 valence electrons. The van der Waals surface area contributed by atoms with E-state index in [2.05, 4.69) is 9.97 Å². The van der Waals surface area contributed by atoms with E-state index in [1.54, 1.807) is 6.92 Å². The van der Waals surface area contributed by atoms with Crippen LogP contribution in [0.5, 0.6) is 0 Å². The minimum Gasteiger partial charge on any atom is -0.394 e. The summed E-state index contributed by atoms with van der Waals surface area (Å²) in [4.78, 5) is 7.07. The lowest BCUT2D eigenvalue weighted by atomic mass is 9.96. The van der Waals surface area contributed by atoms with Crippen molar-refractivity contribution >= 4 is 11.0 Å². The van der Waals surface area contributed by atoms with E-state index < -0.39 is 36.7 Å². The quantitative estimate of drug-likeness (QED) is 0.526. The summed E-state index contributed by atoms with van der Waals surface area (Å²) in [6.45, 7) is 0.947. The number of hydrogen-bond acceptors (Lipinski definition) is 5. The number of fused-ring (bicyclic) bond motifs is 1. The van der Waals surface area contributed by atoms with Crippen LogP contribution in [0.4, 0.5) is 4.39 Å². The maximum absolute atomic E-state index is 13.1. The van der Waals surface area contributed by atoms with Crippen molar-refractivity contribution in [2.45, 2.75) is 31.2 Å². The van der Waals surface area contributed by atoms with Crippen LogP contribution in [0.1, 0.15) is 18.7 Å². The number of hydrogen-bond donors (Lipinski definition) is 5. The highest BCUT2D eigenvalue weighted by molar-refractivity contribution is 5.75. The molecule has 20 heavy (non-hydrogen) atoms. The number of nitrogens with one attached hydrogen (secondary N) is 1. The average molecular weight is 284 g/mol. The molecule has 1 heterocycles. The van der Waals surface area contributed by atoms with Gasteiger partial charge in [0.25, 0.3) is 0 Å². The van der Waals surface area contributed by atoms with Gasteiger partial charge in [-0.1, -0.05) is 6.92 Å². The van der Waals surface area contributed by atoms with E-state index in [4.69, 9.17) is 5.11 Å². The molecule has 0 aliphatic carbocycles. The third-order valence-corrected chi connectivity index (χ3v) is 3.34. The zero-order valence-corrected chi connectivity index (χ0v) is 10.9. The highest BCUT2D eigenvalue weighted by Crippen LogP contribution is 2.23. The van der Waals surface area contributed by atoms with Crippen LogP contribution in [0.15, 0.2) is 18.2 Å². The molecule has 1 aromatic carbocycles. The molecule has 0 saturated heterocycles. The Morgan fingerprint density at radius 2 is 1.95 bits per heavy atom. The molecular formula is C13H17FN2O4. The van der Waals surface area contributed by atoms with Crippen LogP contribution < -0.4 is 0 Å². The highest BCUT2D eigenvalue weighted by Gasteiger charge is 2.31. The average Bonchev–Trinajstić information content (AvgIpc) is 2.86. The van der Waals surface area contributed by atoms with Crippen LogP contribution in [0.2, 0.25) is 0 Å². The molecule has 5 N–H and O–H groups in total. The van der Waals surface area contributed by atoms with Crippen LogP contribution >= 0.6 is 0 Å². The van der Waals surface area contributed by atoms with Crippen molar-refractivity contribution in [1.29, 1.82) is 0 Å². The van der Waals surface area contributed by atoms with Gasteiger partial charge in [0.1, 0.15) is 23.8 Å². The van der Waals surface area contributed by atoms with Crippen molar-refractivity contribution in [3.8, 4) is 0 Å². The first-order chi connectivity index (χ1) is 9.43. The molecule has 6 nitrogen and oxygen atoms in total. The van der Waals surface area contributed by atoms with Gasteiger partial charge in [-0.05, 0) is 12.1 Å². The smallest absolute Gasteiger partial charge is 0.125 e. The molecule has 0 radical (unpaired) electrons. The summed E-state index contributed by atoms with van der Waals surface area (Å²) in [7, 11) is 0. The Morgan fingerprint density at radius 1 is 1.25 bits per heavy atom. The number of aromatic amines is 1. The number of H-pyrrole nitrogens is 1. The first-order valence-corrected chi connectivity index (χ1v) is 6.24. The van der Waals surface area contributed by atoms with Crippen LogP contribution in [-0.4, -0.2) is 55.3 Å². The minimum absolute atomic E-state index is 0.363. The summed E-state index contributed by atoms with van der Waals surface area (Å²) < 4.78 is 13.1. The lowest BCUT2D eigenvalue weighted by Crippen LogP contribution is -2.42. The van der Waals surface area contributed by atoms with E-state index in [9.17, 15) is 19.7 Å². The molecule has 0 saturated carbocycles.